The molecule has 0 aliphatic carbocycles. The fourth-order valence-corrected chi connectivity index (χ4v) is 4.95. The van der Waals surface area contributed by atoms with E-state index in [1.165, 1.54) is 0 Å². The van der Waals surface area contributed by atoms with Gasteiger partial charge in [0.05, 0.1) is 23.8 Å². The second kappa shape index (κ2) is 5.05. The van der Waals surface area contributed by atoms with Crippen LogP contribution in [0, 0.1) is 0 Å². The van der Waals surface area contributed by atoms with Gasteiger partial charge in [-0.15, -0.1) is 0 Å². The second-order valence-electron chi connectivity index (χ2n) is 2.93. The van der Waals surface area contributed by atoms with E-state index in [9.17, 15) is 17.5 Å². The monoisotopic (exact) mass is 282 g/mol. The van der Waals surface area contributed by atoms with Crippen molar-refractivity contribution in [3.63, 3.8) is 0 Å². The average Bonchev–Trinajstić information content (AvgIpc) is 1.96. The summed E-state index contributed by atoms with van der Waals surface area (Å²) in [6, 6.07) is 0. The van der Waals surface area contributed by atoms with Crippen molar-refractivity contribution in [2.45, 2.75) is 0 Å². The third-order valence-electron chi connectivity index (χ3n) is 1.39. The summed E-state index contributed by atoms with van der Waals surface area (Å²) < 4.78 is 42.8. The normalized spacial score (nSPS) is 14.1. The number of hydrogen-bond acceptors (Lipinski definition) is 4. The van der Waals surface area contributed by atoms with Crippen LogP contribution in [0.4, 0.5) is 0 Å². The zero-order valence-electron chi connectivity index (χ0n) is 7.55. The number of rotatable bonds is 6. The zero-order valence-corrected chi connectivity index (χ0v) is 10.2. The summed E-state index contributed by atoms with van der Waals surface area (Å²) in [5.74, 6) is -1.56. The molecule has 0 rings (SSSR count). The van der Waals surface area contributed by atoms with Crippen LogP contribution in [0.15, 0.2) is 0 Å². The lowest BCUT2D eigenvalue weighted by molar-refractivity contribution is 0.373. The van der Waals surface area contributed by atoms with Gasteiger partial charge in [-0.3, -0.25) is 9.13 Å². The summed E-state index contributed by atoms with van der Waals surface area (Å²) >= 11 is 0. The predicted octanol–water partition coefficient (Wildman–Crippen LogP) is -1.24. The summed E-state index contributed by atoms with van der Waals surface area (Å²) in [4.78, 5) is 33.6. The smallest absolute Gasteiger partial charge is 0.324 e. The Morgan fingerprint density at radius 2 is 1.07 bits per heavy atom. The van der Waals surface area contributed by atoms with E-state index in [4.69, 9.17) is 19.6 Å². The minimum Gasteiger partial charge on any atom is -0.324 e. The summed E-state index contributed by atoms with van der Waals surface area (Å²) in [6.45, 7) is 0. The molecule has 0 aliphatic heterocycles. The minimum absolute atomic E-state index is 0.780. The van der Waals surface area contributed by atoms with Crippen LogP contribution < -0.4 is 0 Å². The maximum absolute atomic E-state index is 11.0. The summed E-state index contributed by atoms with van der Waals surface area (Å²) in [7, 11) is -12.6. The van der Waals surface area contributed by atoms with E-state index in [0.29, 0.717) is 0 Å². The first kappa shape index (κ1) is 15.2. The molecule has 0 aromatic heterocycles. The Bertz CT molecular complexity index is 355. The molecule has 8 nitrogen and oxygen atoms in total. The first-order valence-electron chi connectivity index (χ1n) is 3.71. The molecule has 0 saturated heterocycles. The van der Waals surface area contributed by atoms with Crippen LogP contribution in [0.1, 0.15) is 0 Å². The van der Waals surface area contributed by atoms with Crippen LogP contribution in [0.2, 0.25) is 0 Å². The quantitative estimate of drug-likeness (QED) is 0.442. The lowest BCUT2D eigenvalue weighted by Crippen LogP contribution is -2.16. The molecule has 0 atom stereocenters. The van der Waals surface area contributed by atoms with E-state index in [1.807, 2.05) is 0 Å². The highest BCUT2D eigenvalue weighted by Crippen LogP contribution is 2.36. The van der Waals surface area contributed by atoms with Crippen molar-refractivity contribution in [2.24, 2.45) is 0 Å². The van der Waals surface area contributed by atoms with Gasteiger partial charge in [0.25, 0.3) is 0 Å². The van der Waals surface area contributed by atoms with E-state index in [0.717, 1.165) is 0 Å². The minimum atomic E-state index is -4.40. The molecule has 0 heterocycles. The summed E-state index contributed by atoms with van der Waals surface area (Å²) in [5.41, 5.74) is 0. The molecule has 0 spiro atoms. The molecule has 0 aromatic rings. The SMILES string of the molecule is O=P(O)(O)CCS(=O)(=O)CCP(=O)(O)O. The molecule has 0 radical (unpaired) electrons. The number of sulfone groups is 1. The van der Waals surface area contributed by atoms with Crippen molar-refractivity contribution in [1.82, 2.24) is 0 Å². The van der Waals surface area contributed by atoms with Crippen molar-refractivity contribution in [3.8, 4) is 0 Å². The summed E-state index contributed by atoms with van der Waals surface area (Å²) in [6.07, 6.45) is -1.67. The molecule has 15 heavy (non-hydrogen) atoms. The highest BCUT2D eigenvalue weighted by molar-refractivity contribution is 7.92. The maximum atomic E-state index is 11.0. The van der Waals surface area contributed by atoms with Gasteiger partial charge in [0.1, 0.15) is 0 Å². The maximum Gasteiger partial charge on any atom is 0.326 e. The van der Waals surface area contributed by atoms with Gasteiger partial charge in [-0.25, -0.2) is 8.42 Å². The van der Waals surface area contributed by atoms with Gasteiger partial charge >= 0.3 is 15.2 Å². The zero-order chi connectivity index (χ0) is 12.3. The molecule has 0 fully saturated rings. The van der Waals surface area contributed by atoms with E-state index in [1.54, 1.807) is 0 Å². The lowest BCUT2D eigenvalue weighted by atomic mass is 10.9. The van der Waals surface area contributed by atoms with Crippen LogP contribution >= 0.6 is 15.2 Å². The molecular weight excluding hydrogens is 270 g/mol. The Morgan fingerprint density at radius 3 is 1.27 bits per heavy atom. The first-order chi connectivity index (χ1) is 6.41. The van der Waals surface area contributed by atoms with Crippen LogP contribution in [0.5, 0.6) is 0 Å². The Kier molecular flexibility index (Phi) is 5.14. The van der Waals surface area contributed by atoms with Gasteiger partial charge in [-0.05, 0) is 0 Å². The van der Waals surface area contributed by atoms with Gasteiger partial charge in [-0.2, -0.15) is 0 Å². The van der Waals surface area contributed by atoms with Gasteiger partial charge in [0.15, 0.2) is 9.84 Å². The fraction of sp³-hybridized carbons (Fsp3) is 1.00. The molecule has 0 saturated carbocycles. The predicted molar refractivity (Wildman–Crippen MR) is 52.5 cm³/mol. The molecule has 0 aromatic carbocycles. The van der Waals surface area contributed by atoms with Crippen LogP contribution in [-0.4, -0.2) is 51.8 Å². The number of hydrogen-bond donors (Lipinski definition) is 4. The van der Waals surface area contributed by atoms with Gasteiger partial charge < -0.3 is 19.6 Å². The first-order valence-corrected chi connectivity index (χ1v) is 9.12. The van der Waals surface area contributed by atoms with Crippen molar-refractivity contribution in [2.75, 3.05) is 23.8 Å². The van der Waals surface area contributed by atoms with E-state index in [-0.39, 0.29) is 0 Å². The van der Waals surface area contributed by atoms with Gasteiger partial charge in [0.2, 0.25) is 0 Å². The molecule has 0 amide bonds. The molecule has 4 N–H and O–H groups in total. The topological polar surface area (TPSA) is 149 Å². The van der Waals surface area contributed by atoms with Gasteiger partial charge in [-0.1, -0.05) is 0 Å². The van der Waals surface area contributed by atoms with Crippen molar-refractivity contribution in [3.05, 3.63) is 0 Å². The molecule has 11 heteroatoms. The van der Waals surface area contributed by atoms with Crippen LogP contribution in [0.3, 0.4) is 0 Å². The van der Waals surface area contributed by atoms with Gasteiger partial charge in [0, 0.05) is 0 Å². The fourth-order valence-electron chi connectivity index (χ4n) is 0.618. The van der Waals surface area contributed by atoms with Crippen molar-refractivity contribution in [1.29, 1.82) is 0 Å². The highest BCUT2D eigenvalue weighted by atomic mass is 32.2. The largest absolute Gasteiger partial charge is 0.326 e. The van der Waals surface area contributed by atoms with Crippen molar-refractivity contribution < 1.29 is 37.1 Å². The standard InChI is InChI=1S/C4H12O8P2S/c5-13(6,7)1-3-15(11,12)4-2-14(8,9)10/h1-4H2,(H2,5,6,7)(H2,8,9,10). The average molecular weight is 282 g/mol. The van der Waals surface area contributed by atoms with Crippen LogP contribution in [-0.2, 0) is 19.0 Å². The third-order valence-corrected chi connectivity index (χ3v) is 5.26. The van der Waals surface area contributed by atoms with E-state index >= 15 is 0 Å². The summed E-state index contributed by atoms with van der Waals surface area (Å²) in [5, 5.41) is 0. The Hall–Kier alpha value is 0.250. The van der Waals surface area contributed by atoms with E-state index < -0.39 is 48.9 Å². The Labute approximate surface area is 86.6 Å². The van der Waals surface area contributed by atoms with Crippen molar-refractivity contribution >= 4 is 25.0 Å². The third kappa shape index (κ3) is 10.5. The molecular formula is C4H12O8P2S. The second-order valence-corrected chi connectivity index (χ2v) is 8.79. The molecule has 0 bridgehead atoms. The Balaban J connectivity index is 4.23. The Morgan fingerprint density at radius 1 is 0.800 bits per heavy atom. The van der Waals surface area contributed by atoms with Crippen LogP contribution in [0.25, 0.3) is 0 Å². The molecule has 0 aliphatic rings. The molecule has 92 valence electrons. The highest BCUT2D eigenvalue weighted by Gasteiger charge is 2.23. The molecule has 0 unspecified atom stereocenters. The van der Waals surface area contributed by atoms with E-state index in [2.05, 4.69) is 0 Å². The lowest BCUT2D eigenvalue weighted by Gasteiger charge is -2.06.